The zero-order valence-electron chi connectivity index (χ0n) is 28.9. The molecular formula is C49H34FNO. The molecule has 52 heavy (non-hydrogen) atoms. The van der Waals surface area contributed by atoms with Gasteiger partial charge in [-0.2, -0.15) is 0 Å². The Kier molecular flexibility index (Phi) is 6.74. The Morgan fingerprint density at radius 2 is 1.10 bits per heavy atom. The molecular weight excluding hydrogens is 638 g/mol. The number of rotatable bonds is 5. The molecule has 0 fully saturated rings. The fourth-order valence-electron chi connectivity index (χ4n) is 8.40. The Bertz CT molecular complexity index is 2840. The van der Waals surface area contributed by atoms with E-state index < -0.39 is 0 Å². The number of para-hydroxylation sites is 1. The van der Waals surface area contributed by atoms with Crippen molar-refractivity contribution in [3.63, 3.8) is 0 Å². The molecule has 3 heteroatoms. The van der Waals surface area contributed by atoms with Crippen LogP contribution in [0.25, 0.3) is 66.1 Å². The molecule has 9 aromatic rings. The Labute approximate surface area is 302 Å². The van der Waals surface area contributed by atoms with Gasteiger partial charge in [-0.15, -0.1) is 0 Å². The number of anilines is 3. The Hall–Kier alpha value is -6.45. The molecule has 0 spiro atoms. The molecule has 10 rings (SSSR count). The molecule has 0 saturated heterocycles. The van der Waals surface area contributed by atoms with Crippen molar-refractivity contribution >= 4 is 49.8 Å². The fourth-order valence-corrected chi connectivity index (χ4v) is 8.40. The molecule has 0 bridgehead atoms. The summed E-state index contributed by atoms with van der Waals surface area (Å²) in [5.41, 5.74) is 14.2. The van der Waals surface area contributed by atoms with E-state index in [1.165, 1.54) is 28.3 Å². The molecule has 0 atom stereocenters. The highest BCUT2D eigenvalue weighted by Gasteiger charge is 2.35. The van der Waals surface area contributed by atoms with Crippen molar-refractivity contribution in [2.45, 2.75) is 19.3 Å². The second-order valence-corrected chi connectivity index (χ2v) is 14.3. The smallest absolute Gasteiger partial charge is 0.135 e. The first kappa shape index (κ1) is 30.4. The normalized spacial score (nSPS) is 13.1. The van der Waals surface area contributed by atoms with Crippen LogP contribution in [0.2, 0.25) is 0 Å². The maximum Gasteiger partial charge on any atom is 0.135 e. The second kappa shape index (κ2) is 11.5. The third kappa shape index (κ3) is 4.70. The largest absolute Gasteiger partial charge is 0.456 e. The van der Waals surface area contributed by atoms with Gasteiger partial charge in [-0.25, -0.2) is 4.39 Å². The van der Waals surface area contributed by atoms with Crippen LogP contribution in [0.4, 0.5) is 21.5 Å². The first-order chi connectivity index (χ1) is 25.4. The Balaban J connectivity index is 1.14. The molecule has 0 amide bonds. The van der Waals surface area contributed by atoms with Gasteiger partial charge in [0.1, 0.15) is 17.0 Å². The van der Waals surface area contributed by atoms with Gasteiger partial charge in [0.05, 0.1) is 0 Å². The van der Waals surface area contributed by atoms with Crippen molar-refractivity contribution in [2.24, 2.45) is 0 Å². The van der Waals surface area contributed by atoms with E-state index in [-0.39, 0.29) is 11.2 Å². The molecule has 1 aromatic heterocycles. The van der Waals surface area contributed by atoms with E-state index in [0.717, 1.165) is 72.0 Å². The predicted octanol–water partition coefficient (Wildman–Crippen LogP) is 14.0. The monoisotopic (exact) mass is 671 g/mol. The van der Waals surface area contributed by atoms with Gasteiger partial charge in [0.15, 0.2) is 0 Å². The standard InChI is InChI=1S/C49H34FNO/c1-49(2)44-18-5-3-14-40(44)41-26-24-37(30-45(41)49)51(36-25-27-47-43(29-36)42-15-4-6-19-46(42)52-47)35-22-20-31(21-23-35)38-16-8-10-32-11-9-17-39(48(32)38)33-12-7-13-34(50)28-33/h3-30H,1-2H3. The quantitative estimate of drug-likeness (QED) is 0.181. The van der Waals surface area contributed by atoms with Gasteiger partial charge in [0, 0.05) is 33.2 Å². The summed E-state index contributed by atoms with van der Waals surface area (Å²) < 4.78 is 20.6. The predicted molar refractivity (Wildman–Crippen MR) is 214 cm³/mol. The van der Waals surface area contributed by atoms with E-state index in [4.69, 9.17) is 4.42 Å². The van der Waals surface area contributed by atoms with Crippen LogP contribution in [0, 0.1) is 5.82 Å². The third-order valence-electron chi connectivity index (χ3n) is 10.9. The van der Waals surface area contributed by atoms with Crippen LogP contribution in [0.3, 0.4) is 0 Å². The number of hydrogen-bond donors (Lipinski definition) is 0. The van der Waals surface area contributed by atoms with Crippen LogP contribution in [0.1, 0.15) is 25.0 Å². The lowest BCUT2D eigenvalue weighted by molar-refractivity contribution is 0.628. The zero-order chi connectivity index (χ0) is 35.0. The Morgan fingerprint density at radius 3 is 1.92 bits per heavy atom. The lowest BCUT2D eigenvalue weighted by Crippen LogP contribution is -2.16. The molecule has 0 aliphatic heterocycles. The lowest BCUT2D eigenvalue weighted by Gasteiger charge is -2.28. The van der Waals surface area contributed by atoms with Crippen LogP contribution in [-0.2, 0) is 5.41 Å². The van der Waals surface area contributed by atoms with E-state index in [0.29, 0.717) is 0 Å². The summed E-state index contributed by atoms with van der Waals surface area (Å²) in [6.45, 7) is 4.65. The van der Waals surface area contributed by atoms with Crippen molar-refractivity contribution in [1.82, 2.24) is 0 Å². The van der Waals surface area contributed by atoms with Crippen LogP contribution in [0.15, 0.2) is 174 Å². The average Bonchev–Trinajstić information content (AvgIpc) is 3.66. The number of fused-ring (bicyclic) bond motifs is 7. The van der Waals surface area contributed by atoms with Crippen molar-refractivity contribution in [1.29, 1.82) is 0 Å². The van der Waals surface area contributed by atoms with Gasteiger partial charge >= 0.3 is 0 Å². The number of nitrogens with zero attached hydrogens (tertiary/aromatic N) is 1. The summed E-state index contributed by atoms with van der Waals surface area (Å²) in [5.74, 6) is -0.239. The van der Waals surface area contributed by atoms with Gasteiger partial charge in [0.2, 0.25) is 0 Å². The molecule has 8 aromatic carbocycles. The highest BCUT2D eigenvalue weighted by atomic mass is 19.1. The molecule has 0 unspecified atom stereocenters. The molecule has 248 valence electrons. The summed E-state index contributed by atoms with van der Waals surface area (Å²) in [5, 5.41) is 4.42. The molecule has 0 radical (unpaired) electrons. The van der Waals surface area contributed by atoms with E-state index in [1.54, 1.807) is 12.1 Å². The lowest BCUT2D eigenvalue weighted by atomic mass is 9.82. The van der Waals surface area contributed by atoms with Crippen molar-refractivity contribution in [3.8, 4) is 33.4 Å². The summed E-state index contributed by atoms with van der Waals surface area (Å²) in [6, 6.07) is 58.7. The molecule has 1 heterocycles. The molecule has 0 saturated carbocycles. The number of hydrogen-bond acceptors (Lipinski definition) is 2. The fraction of sp³-hybridized carbons (Fsp3) is 0.0612. The maximum atomic E-state index is 14.4. The van der Waals surface area contributed by atoms with Crippen LogP contribution in [0.5, 0.6) is 0 Å². The van der Waals surface area contributed by atoms with Crippen LogP contribution < -0.4 is 4.90 Å². The number of benzene rings is 8. The van der Waals surface area contributed by atoms with Crippen molar-refractivity contribution in [2.75, 3.05) is 4.90 Å². The van der Waals surface area contributed by atoms with Crippen LogP contribution >= 0.6 is 0 Å². The summed E-state index contributed by atoms with van der Waals surface area (Å²) in [6.07, 6.45) is 0. The SMILES string of the molecule is CC1(C)c2ccccc2-c2ccc(N(c3ccc(-c4cccc5cccc(-c6cccc(F)c6)c45)cc3)c3ccc4oc5ccccc5c4c3)cc21. The molecule has 2 nitrogen and oxygen atoms in total. The maximum absolute atomic E-state index is 14.4. The third-order valence-corrected chi connectivity index (χ3v) is 10.9. The average molecular weight is 672 g/mol. The summed E-state index contributed by atoms with van der Waals surface area (Å²) in [4.78, 5) is 2.35. The highest BCUT2D eigenvalue weighted by Crippen LogP contribution is 2.51. The minimum absolute atomic E-state index is 0.129. The van der Waals surface area contributed by atoms with Crippen molar-refractivity contribution in [3.05, 3.63) is 187 Å². The zero-order valence-corrected chi connectivity index (χ0v) is 28.9. The van der Waals surface area contributed by atoms with E-state index in [1.807, 2.05) is 24.3 Å². The van der Waals surface area contributed by atoms with Gasteiger partial charge in [-0.05, 0) is 116 Å². The van der Waals surface area contributed by atoms with E-state index in [9.17, 15) is 4.39 Å². The number of halogens is 1. The minimum atomic E-state index is -0.239. The Morgan fingerprint density at radius 1 is 0.462 bits per heavy atom. The first-order valence-electron chi connectivity index (χ1n) is 17.8. The number of furan rings is 1. The highest BCUT2D eigenvalue weighted by molar-refractivity contribution is 6.08. The first-order valence-corrected chi connectivity index (χ1v) is 17.8. The molecule has 1 aliphatic carbocycles. The summed E-state index contributed by atoms with van der Waals surface area (Å²) in [7, 11) is 0. The van der Waals surface area contributed by atoms with E-state index >= 15 is 0 Å². The van der Waals surface area contributed by atoms with Crippen LogP contribution in [-0.4, -0.2) is 0 Å². The van der Waals surface area contributed by atoms with Gasteiger partial charge < -0.3 is 9.32 Å². The second-order valence-electron chi connectivity index (χ2n) is 14.3. The molecule has 0 N–H and O–H groups in total. The van der Waals surface area contributed by atoms with Gasteiger partial charge in [-0.1, -0.05) is 123 Å². The molecule has 1 aliphatic rings. The van der Waals surface area contributed by atoms with Gasteiger partial charge in [0.25, 0.3) is 0 Å². The van der Waals surface area contributed by atoms with Gasteiger partial charge in [-0.3, -0.25) is 0 Å². The van der Waals surface area contributed by atoms with E-state index in [2.05, 4.69) is 146 Å². The topological polar surface area (TPSA) is 16.4 Å². The van der Waals surface area contributed by atoms with Crippen molar-refractivity contribution < 1.29 is 8.81 Å². The minimum Gasteiger partial charge on any atom is -0.456 e. The summed E-state index contributed by atoms with van der Waals surface area (Å²) >= 11 is 0.